The standard InChI is InChI=1S/C9H13NO3S/c1-4-12-8(11)7-6(3)10-9(14-7)13-5-2/h4-5H2,1-3H3. The molecule has 0 N–H and O–H groups in total. The van der Waals surface area contributed by atoms with Gasteiger partial charge in [0.1, 0.15) is 4.88 Å². The predicted molar refractivity (Wildman–Crippen MR) is 54.0 cm³/mol. The molecule has 1 aromatic rings. The van der Waals surface area contributed by atoms with E-state index < -0.39 is 0 Å². The smallest absolute Gasteiger partial charge is 0.350 e. The molecule has 0 aliphatic carbocycles. The van der Waals surface area contributed by atoms with Gasteiger partial charge in [-0.2, -0.15) is 0 Å². The van der Waals surface area contributed by atoms with Gasteiger partial charge in [0.25, 0.3) is 5.19 Å². The van der Waals surface area contributed by atoms with Crippen LogP contribution >= 0.6 is 11.3 Å². The second kappa shape index (κ2) is 4.95. The Kier molecular flexibility index (Phi) is 3.88. The molecule has 5 heteroatoms. The van der Waals surface area contributed by atoms with Gasteiger partial charge in [0.05, 0.1) is 18.9 Å². The van der Waals surface area contributed by atoms with Crippen LogP contribution in [0, 0.1) is 6.92 Å². The van der Waals surface area contributed by atoms with E-state index in [1.807, 2.05) is 6.92 Å². The van der Waals surface area contributed by atoms with Gasteiger partial charge in [0, 0.05) is 0 Å². The van der Waals surface area contributed by atoms with Gasteiger partial charge in [-0.15, -0.1) is 0 Å². The summed E-state index contributed by atoms with van der Waals surface area (Å²) >= 11 is 1.22. The molecule has 0 bridgehead atoms. The maximum atomic E-state index is 11.4. The molecule has 0 spiro atoms. The van der Waals surface area contributed by atoms with E-state index in [0.29, 0.717) is 29.0 Å². The average molecular weight is 215 g/mol. The van der Waals surface area contributed by atoms with E-state index >= 15 is 0 Å². The molecule has 0 unspecified atom stereocenters. The fraction of sp³-hybridized carbons (Fsp3) is 0.556. The molecule has 0 fully saturated rings. The van der Waals surface area contributed by atoms with Crippen molar-refractivity contribution < 1.29 is 14.3 Å². The molecule has 0 saturated carbocycles. The summed E-state index contributed by atoms with van der Waals surface area (Å²) < 4.78 is 10.1. The summed E-state index contributed by atoms with van der Waals surface area (Å²) in [4.78, 5) is 16.0. The van der Waals surface area contributed by atoms with Gasteiger partial charge < -0.3 is 9.47 Å². The summed E-state index contributed by atoms with van der Waals surface area (Å²) in [6, 6.07) is 0. The predicted octanol–water partition coefficient (Wildman–Crippen LogP) is 2.03. The van der Waals surface area contributed by atoms with Gasteiger partial charge in [-0.1, -0.05) is 11.3 Å². The summed E-state index contributed by atoms with van der Waals surface area (Å²) in [6.45, 7) is 6.35. The summed E-state index contributed by atoms with van der Waals surface area (Å²) in [7, 11) is 0. The lowest BCUT2D eigenvalue weighted by atomic mass is 10.4. The third-order valence-electron chi connectivity index (χ3n) is 1.51. The molecule has 0 radical (unpaired) electrons. The number of carbonyl (C=O) groups is 1. The molecular formula is C9H13NO3S. The van der Waals surface area contributed by atoms with E-state index in [-0.39, 0.29) is 5.97 Å². The Labute approximate surface area is 86.9 Å². The number of ether oxygens (including phenoxy) is 2. The third kappa shape index (κ3) is 2.45. The Bertz CT molecular complexity index is 322. The Morgan fingerprint density at radius 3 is 2.71 bits per heavy atom. The van der Waals surface area contributed by atoms with Gasteiger partial charge in [-0.05, 0) is 20.8 Å². The lowest BCUT2D eigenvalue weighted by Crippen LogP contribution is -2.03. The van der Waals surface area contributed by atoms with Crippen molar-refractivity contribution in [3.8, 4) is 5.19 Å². The van der Waals surface area contributed by atoms with Crippen LogP contribution in [-0.2, 0) is 4.74 Å². The number of esters is 1. The molecular weight excluding hydrogens is 202 g/mol. The van der Waals surface area contributed by atoms with E-state index in [1.165, 1.54) is 11.3 Å². The number of hydrogen-bond donors (Lipinski definition) is 0. The minimum atomic E-state index is -0.326. The lowest BCUT2D eigenvalue weighted by molar-refractivity contribution is 0.0531. The molecule has 0 saturated heterocycles. The van der Waals surface area contributed by atoms with Gasteiger partial charge in [-0.25, -0.2) is 9.78 Å². The second-order valence-corrected chi connectivity index (χ2v) is 3.51. The van der Waals surface area contributed by atoms with E-state index in [0.717, 1.165) is 0 Å². The van der Waals surface area contributed by atoms with Crippen LogP contribution in [0.25, 0.3) is 0 Å². The summed E-state index contributed by atoms with van der Waals surface area (Å²) in [5.74, 6) is -0.326. The number of aryl methyl sites for hydroxylation is 1. The van der Waals surface area contributed by atoms with Crippen LogP contribution in [0.15, 0.2) is 0 Å². The van der Waals surface area contributed by atoms with Gasteiger partial charge in [0.2, 0.25) is 0 Å². The highest BCUT2D eigenvalue weighted by Crippen LogP contribution is 2.25. The Morgan fingerprint density at radius 1 is 1.43 bits per heavy atom. The van der Waals surface area contributed by atoms with Crippen molar-refractivity contribution in [1.82, 2.24) is 4.98 Å². The van der Waals surface area contributed by atoms with Gasteiger partial charge in [0.15, 0.2) is 0 Å². The SMILES string of the molecule is CCOC(=O)c1sc(OCC)nc1C. The first kappa shape index (κ1) is 11.0. The number of nitrogens with zero attached hydrogens (tertiary/aromatic N) is 1. The van der Waals surface area contributed by atoms with Crippen LogP contribution in [0.4, 0.5) is 0 Å². The highest BCUT2D eigenvalue weighted by molar-refractivity contribution is 7.15. The van der Waals surface area contributed by atoms with Crippen molar-refractivity contribution in [2.45, 2.75) is 20.8 Å². The molecule has 1 aromatic heterocycles. The maximum absolute atomic E-state index is 11.4. The summed E-state index contributed by atoms with van der Waals surface area (Å²) in [5, 5.41) is 0.521. The molecule has 0 amide bonds. The molecule has 1 rings (SSSR count). The minimum absolute atomic E-state index is 0.326. The van der Waals surface area contributed by atoms with Crippen molar-refractivity contribution in [2.24, 2.45) is 0 Å². The largest absolute Gasteiger partial charge is 0.470 e. The molecule has 0 aromatic carbocycles. The van der Waals surface area contributed by atoms with Gasteiger partial charge >= 0.3 is 5.97 Å². The van der Waals surface area contributed by atoms with Crippen LogP contribution < -0.4 is 4.74 Å². The molecule has 0 aliphatic heterocycles. The highest BCUT2D eigenvalue weighted by atomic mass is 32.1. The van der Waals surface area contributed by atoms with Crippen LogP contribution in [-0.4, -0.2) is 24.2 Å². The van der Waals surface area contributed by atoms with Crippen LogP contribution in [0.3, 0.4) is 0 Å². The molecule has 78 valence electrons. The fourth-order valence-corrected chi connectivity index (χ4v) is 1.81. The minimum Gasteiger partial charge on any atom is -0.470 e. The first-order valence-electron chi connectivity index (χ1n) is 4.46. The zero-order valence-electron chi connectivity index (χ0n) is 8.49. The van der Waals surface area contributed by atoms with E-state index in [9.17, 15) is 4.79 Å². The zero-order chi connectivity index (χ0) is 10.6. The van der Waals surface area contributed by atoms with Crippen molar-refractivity contribution in [3.05, 3.63) is 10.6 Å². The molecule has 14 heavy (non-hydrogen) atoms. The average Bonchev–Trinajstić information content (AvgIpc) is 2.48. The lowest BCUT2D eigenvalue weighted by Gasteiger charge is -1.97. The number of thiazole rings is 1. The van der Waals surface area contributed by atoms with Crippen LogP contribution in [0.1, 0.15) is 29.2 Å². The molecule has 0 atom stereocenters. The monoisotopic (exact) mass is 215 g/mol. The van der Waals surface area contributed by atoms with E-state index in [1.54, 1.807) is 13.8 Å². The molecule has 1 heterocycles. The second-order valence-electron chi connectivity index (χ2n) is 2.55. The Morgan fingerprint density at radius 2 is 2.14 bits per heavy atom. The van der Waals surface area contributed by atoms with Crippen molar-refractivity contribution >= 4 is 17.3 Å². The fourth-order valence-electron chi connectivity index (χ4n) is 0.943. The summed E-state index contributed by atoms with van der Waals surface area (Å²) in [5.41, 5.74) is 0.664. The summed E-state index contributed by atoms with van der Waals surface area (Å²) in [6.07, 6.45) is 0. The number of carbonyl (C=O) groups excluding carboxylic acids is 1. The highest BCUT2D eigenvalue weighted by Gasteiger charge is 2.16. The number of rotatable bonds is 4. The maximum Gasteiger partial charge on any atom is 0.350 e. The van der Waals surface area contributed by atoms with Crippen LogP contribution in [0.2, 0.25) is 0 Å². The van der Waals surface area contributed by atoms with Crippen LogP contribution in [0.5, 0.6) is 5.19 Å². The van der Waals surface area contributed by atoms with E-state index in [4.69, 9.17) is 9.47 Å². The number of aromatic nitrogens is 1. The normalized spacial score (nSPS) is 9.93. The molecule has 4 nitrogen and oxygen atoms in total. The topological polar surface area (TPSA) is 48.4 Å². The first-order valence-corrected chi connectivity index (χ1v) is 5.28. The zero-order valence-corrected chi connectivity index (χ0v) is 9.31. The first-order chi connectivity index (χ1) is 6.69. The van der Waals surface area contributed by atoms with E-state index in [2.05, 4.69) is 4.98 Å². The van der Waals surface area contributed by atoms with Gasteiger partial charge in [-0.3, -0.25) is 0 Å². The Balaban J connectivity index is 2.81. The third-order valence-corrected chi connectivity index (χ3v) is 2.56. The molecule has 0 aliphatic rings. The Hall–Kier alpha value is -1.10. The van der Waals surface area contributed by atoms with Crippen molar-refractivity contribution in [1.29, 1.82) is 0 Å². The van der Waals surface area contributed by atoms with Crippen molar-refractivity contribution in [2.75, 3.05) is 13.2 Å². The number of hydrogen-bond acceptors (Lipinski definition) is 5. The van der Waals surface area contributed by atoms with Crippen molar-refractivity contribution in [3.63, 3.8) is 0 Å². The quantitative estimate of drug-likeness (QED) is 0.721.